The van der Waals surface area contributed by atoms with E-state index >= 15 is 0 Å². The second-order valence-electron chi connectivity index (χ2n) is 10.6. The molecule has 2 aromatic rings. The number of methoxy groups -OCH3 is 1. The first-order chi connectivity index (χ1) is 21.1. The molecule has 0 saturated carbocycles. The van der Waals surface area contributed by atoms with Crippen LogP contribution in [0, 0.1) is 0 Å². The predicted octanol–water partition coefficient (Wildman–Crippen LogP) is 8.00. The van der Waals surface area contributed by atoms with Gasteiger partial charge in [-0.2, -0.15) is 0 Å². The van der Waals surface area contributed by atoms with E-state index in [1.165, 1.54) is 49.0 Å². The van der Waals surface area contributed by atoms with Gasteiger partial charge in [0.05, 0.1) is 32.2 Å². The number of rotatable bonds is 11. The Hall–Kier alpha value is -2.91. The maximum absolute atomic E-state index is 11.6. The van der Waals surface area contributed by atoms with Gasteiger partial charge < -0.3 is 29.8 Å². The summed E-state index contributed by atoms with van der Waals surface area (Å²) >= 11 is 0. The van der Waals surface area contributed by atoms with Crippen LogP contribution in [0.25, 0.3) is 0 Å². The van der Waals surface area contributed by atoms with Crippen molar-refractivity contribution in [2.75, 3.05) is 47.9 Å². The molecule has 6 nitrogen and oxygen atoms in total. The van der Waals surface area contributed by atoms with Gasteiger partial charge in [0.25, 0.3) is 0 Å². The summed E-state index contributed by atoms with van der Waals surface area (Å²) in [6.45, 7) is 15.5. The van der Waals surface area contributed by atoms with Gasteiger partial charge in [0.1, 0.15) is 18.7 Å². The third-order valence-electron chi connectivity index (χ3n) is 6.20. The molecule has 2 N–H and O–H groups in total. The van der Waals surface area contributed by atoms with Crippen molar-refractivity contribution >= 4 is 6.79 Å². The van der Waals surface area contributed by atoms with E-state index < -0.39 is 12.0 Å². The number of hydrogen-bond acceptors (Lipinski definition) is 6. The van der Waals surface area contributed by atoms with E-state index in [0.29, 0.717) is 6.04 Å². The van der Waals surface area contributed by atoms with Gasteiger partial charge in [-0.3, -0.25) is 0 Å². The molecule has 0 amide bonds. The minimum Gasteiger partial charge on any atom is -0.497 e. The van der Waals surface area contributed by atoms with Crippen LogP contribution < -0.4 is 15.4 Å². The molecule has 0 fully saturated rings. The van der Waals surface area contributed by atoms with Crippen molar-refractivity contribution in [1.29, 1.82) is 0 Å². The average molecular weight is 620 g/mol. The molecule has 1 aliphatic rings. The lowest BCUT2D eigenvalue weighted by Gasteiger charge is -2.27. The molecule has 2 aromatic carbocycles. The molecule has 8 heteroatoms. The molecular weight excluding hydrogens is 560 g/mol. The highest BCUT2D eigenvalue weighted by Crippen LogP contribution is 2.26. The molecule has 0 aliphatic carbocycles. The molecule has 2 unspecified atom stereocenters. The van der Waals surface area contributed by atoms with Crippen molar-refractivity contribution in [1.82, 2.24) is 15.5 Å². The van der Waals surface area contributed by atoms with Crippen molar-refractivity contribution in [2.45, 2.75) is 79.2 Å². The van der Waals surface area contributed by atoms with Crippen LogP contribution in [0.4, 0.5) is 8.78 Å². The van der Waals surface area contributed by atoms with E-state index in [1.54, 1.807) is 7.11 Å². The number of benzene rings is 2. The average Bonchev–Trinajstić information content (AvgIpc) is 3.01. The molecule has 250 valence electrons. The van der Waals surface area contributed by atoms with Crippen LogP contribution in [0.1, 0.15) is 76.6 Å². The van der Waals surface area contributed by atoms with Gasteiger partial charge in [0, 0.05) is 6.54 Å². The molecule has 0 spiro atoms. The summed E-state index contributed by atoms with van der Waals surface area (Å²) in [6.07, 6.45) is 5.60. The quantitative estimate of drug-likeness (QED) is 0.196. The highest BCUT2D eigenvalue weighted by atomic mass is 19.1. The number of fused-ring (bicyclic) bond motifs is 1. The van der Waals surface area contributed by atoms with Crippen LogP contribution in [0.15, 0.2) is 72.1 Å². The molecule has 0 aromatic heterocycles. The number of alkyl halides is 1. The molecule has 1 aliphatic heterocycles. The number of nitrogens with one attached hydrogen (secondary N) is 2. The summed E-state index contributed by atoms with van der Waals surface area (Å²) in [5.41, 5.74) is 5.62. The molecule has 0 bridgehead atoms. The van der Waals surface area contributed by atoms with E-state index in [2.05, 4.69) is 74.7 Å². The number of halogens is 2. The fourth-order valence-corrected chi connectivity index (χ4v) is 4.06. The van der Waals surface area contributed by atoms with Gasteiger partial charge in [0.15, 0.2) is 0 Å². The number of carbonyl (C=O) groups excluding carboxylic acids is 1. The normalized spacial score (nSPS) is 14.6. The van der Waals surface area contributed by atoms with E-state index in [0.717, 1.165) is 51.1 Å². The molecule has 1 heterocycles. The summed E-state index contributed by atoms with van der Waals surface area (Å²) in [6, 6.07) is 16.8. The van der Waals surface area contributed by atoms with E-state index in [4.69, 9.17) is 14.3 Å². The molecule has 2 atom stereocenters. The number of carbonyl (C=O) groups is 1. The zero-order valence-corrected chi connectivity index (χ0v) is 28.7. The Balaban J connectivity index is 0. The van der Waals surface area contributed by atoms with Gasteiger partial charge in [-0.15, -0.1) is 0 Å². The fraction of sp³-hybridized carbons (Fsp3) is 0.528. The Kier molecular flexibility index (Phi) is 28.3. The zero-order chi connectivity index (χ0) is 33.8. The molecule has 0 radical (unpaired) electrons. The summed E-state index contributed by atoms with van der Waals surface area (Å²) < 4.78 is 33.8. The van der Waals surface area contributed by atoms with Crippen LogP contribution in [-0.2, 0) is 22.7 Å². The first-order valence-electron chi connectivity index (χ1n) is 15.3. The maximum atomic E-state index is 11.6. The van der Waals surface area contributed by atoms with Crippen LogP contribution in [0.2, 0.25) is 0 Å². The minimum atomic E-state index is -1.16. The van der Waals surface area contributed by atoms with Gasteiger partial charge in [-0.25, -0.2) is 8.78 Å². The summed E-state index contributed by atoms with van der Waals surface area (Å²) in [7, 11) is 7.87. The third-order valence-corrected chi connectivity index (χ3v) is 6.20. The monoisotopic (exact) mass is 619 g/mol. The number of hydrogen-bond donors (Lipinski definition) is 2. The SMILES string of the molecule is C/C(F)=C\C(C)F.C/C=C(/C)CCC.C=O.CNCCCNC1COCc2ccc(CN(C)C)cc21.COc1ccccc1. The molecule has 3 rings (SSSR count). The van der Waals surface area contributed by atoms with Crippen LogP contribution in [0.5, 0.6) is 5.75 Å². The van der Waals surface area contributed by atoms with Crippen molar-refractivity contribution in [3.8, 4) is 5.75 Å². The van der Waals surface area contributed by atoms with Crippen LogP contribution in [-0.4, -0.2) is 65.8 Å². The first kappa shape index (κ1) is 43.2. The number of para-hydroxylation sites is 1. The van der Waals surface area contributed by atoms with E-state index in [9.17, 15) is 8.78 Å². The van der Waals surface area contributed by atoms with Crippen molar-refractivity contribution < 1.29 is 23.0 Å². The minimum absolute atomic E-state index is 0.331. The zero-order valence-electron chi connectivity index (χ0n) is 28.7. The highest BCUT2D eigenvalue weighted by Gasteiger charge is 2.20. The summed E-state index contributed by atoms with van der Waals surface area (Å²) in [5, 5.41) is 6.79. The van der Waals surface area contributed by atoms with Crippen molar-refractivity contribution in [2.24, 2.45) is 0 Å². The standard InChI is InChI=1S/C16H27N3O.C7H8O.C7H14.C5H8F2.CH2O/c1-17-7-4-8-18-16-12-20-11-14-6-5-13(9-15(14)16)10-19(2)3;1-8-7-5-3-2-4-6-7;1-4-6-7(3)5-2;1-4(6)3-5(2)7;1-2/h5-6,9,16-18H,4,7-8,10-12H2,1-3H3;2-6H,1H3;5H,4,6H2,1-3H3;3-4H,1-2H3;1H2/b;;7-5-;5-3+;. The molecular formula is C36H59F2N3O3. The van der Waals surface area contributed by atoms with Gasteiger partial charge in [-0.1, -0.05) is 61.4 Å². The first-order valence-corrected chi connectivity index (χ1v) is 15.3. The largest absolute Gasteiger partial charge is 0.497 e. The maximum Gasteiger partial charge on any atom is 0.118 e. The second-order valence-corrected chi connectivity index (χ2v) is 10.6. The predicted molar refractivity (Wildman–Crippen MR) is 183 cm³/mol. The lowest BCUT2D eigenvalue weighted by Crippen LogP contribution is -2.31. The second kappa shape index (κ2) is 28.8. The lowest BCUT2D eigenvalue weighted by molar-refractivity contribution is -0.0980. The number of nitrogens with zero attached hydrogens (tertiary/aromatic N) is 1. The Morgan fingerprint density at radius 1 is 1.16 bits per heavy atom. The Morgan fingerprint density at radius 2 is 1.82 bits per heavy atom. The van der Waals surface area contributed by atoms with Crippen LogP contribution in [0.3, 0.4) is 0 Å². The summed E-state index contributed by atoms with van der Waals surface area (Å²) in [5.74, 6) is 0.447. The van der Waals surface area contributed by atoms with E-state index in [1.807, 2.05) is 44.2 Å². The smallest absolute Gasteiger partial charge is 0.118 e. The topological polar surface area (TPSA) is 62.8 Å². The van der Waals surface area contributed by atoms with Crippen molar-refractivity contribution in [3.05, 3.63) is 88.8 Å². The van der Waals surface area contributed by atoms with Gasteiger partial charge in [-0.05, 0) is 110 Å². The highest BCUT2D eigenvalue weighted by molar-refractivity contribution is 5.35. The third kappa shape index (κ3) is 23.5. The Bertz CT molecular complexity index is 1010. The molecule has 0 saturated heterocycles. The Labute approximate surface area is 266 Å². The van der Waals surface area contributed by atoms with Gasteiger partial charge in [0.2, 0.25) is 0 Å². The number of ether oxygens (including phenoxy) is 2. The van der Waals surface area contributed by atoms with E-state index in [-0.39, 0.29) is 0 Å². The van der Waals surface area contributed by atoms with Gasteiger partial charge >= 0.3 is 0 Å². The lowest BCUT2D eigenvalue weighted by atomic mass is 9.96. The van der Waals surface area contributed by atoms with Crippen molar-refractivity contribution in [3.63, 3.8) is 0 Å². The van der Waals surface area contributed by atoms with Crippen LogP contribution >= 0.6 is 0 Å². The Morgan fingerprint density at radius 3 is 2.25 bits per heavy atom. The summed E-state index contributed by atoms with van der Waals surface area (Å²) in [4.78, 5) is 10.2. The molecule has 44 heavy (non-hydrogen) atoms. The number of allylic oxidation sites excluding steroid dienone is 4. The fourth-order valence-electron chi connectivity index (χ4n) is 4.06.